The molecule has 1 amide bonds. The van der Waals surface area contributed by atoms with Gasteiger partial charge in [-0.2, -0.15) is 5.26 Å². The second-order valence-corrected chi connectivity index (χ2v) is 7.07. The molecule has 4 N–H and O–H groups in total. The van der Waals surface area contributed by atoms with Gasteiger partial charge in [-0.15, -0.1) is 0 Å². The Morgan fingerprint density at radius 1 is 1.37 bits per heavy atom. The number of rotatable bonds is 10. The molecule has 0 saturated heterocycles. The number of carbonyl (C=O) groups is 3. The average Bonchev–Trinajstić information content (AvgIpc) is 3.12. The number of carbonyl (C=O) groups excluding carboxylic acids is 3. The lowest BCUT2D eigenvalue weighted by Crippen LogP contribution is -2.47. The molecule has 0 bridgehead atoms. The number of fused-ring (bicyclic) bond motifs is 1. The van der Waals surface area contributed by atoms with Crippen LogP contribution in [-0.4, -0.2) is 52.2 Å². The van der Waals surface area contributed by atoms with Crippen molar-refractivity contribution < 1.29 is 24.2 Å². The van der Waals surface area contributed by atoms with Gasteiger partial charge in [0.05, 0.1) is 23.4 Å². The molecular formula is C21H24N4O5. The van der Waals surface area contributed by atoms with Crippen LogP contribution in [0, 0.1) is 16.7 Å². The van der Waals surface area contributed by atoms with Gasteiger partial charge in [0, 0.05) is 24.4 Å². The molecule has 2 rings (SSSR count). The molecule has 1 aromatic carbocycles. The molecule has 0 aliphatic rings. The van der Waals surface area contributed by atoms with Gasteiger partial charge in [0.1, 0.15) is 18.2 Å². The maximum atomic E-state index is 12.5. The number of benzene rings is 1. The predicted molar refractivity (Wildman–Crippen MR) is 109 cm³/mol. The summed E-state index contributed by atoms with van der Waals surface area (Å²) in [7, 11) is 0. The summed E-state index contributed by atoms with van der Waals surface area (Å²) < 4.78 is 5.11. The lowest BCUT2D eigenvalue weighted by Gasteiger charge is -2.20. The molecule has 0 unspecified atom stereocenters. The molecule has 0 radical (unpaired) electrons. The maximum Gasteiger partial charge on any atom is 0.328 e. The average molecular weight is 412 g/mol. The van der Waals surface area contributed by atoms with Crippen molar-refractivity contribution in [3.63, 3.8) is 0 Å². The molecule has 0 aliphatic carbocycles. The van der Waals surface area contributed by atoms with E-state index in [1.807, 2.05) is 0 Å². The van der Waals surface area contributed by atoms with Gasteiger partial charge in [-0.1, -0.05) is 12.1 Å². The van der Waals surface area contributed by atoms with E-state index in [-0.39, 0.29) is 19.3 Å². The third kappa shape index (κ3) is 5.75. The minimum Gasteiger partial charge on any atom is -0.461 e. The van der Waals surface area contributed by atoms with Crippen molar-refractivity contribution >= 4 is 34.8 Å². The number of nitrogens with one attached hydrogen (secondary N) is 3. The highest BCUT2D eigenvalue weighted by Gasteiger charge is 2.27. The van der Waals surface area contributed by atoms with E-state index in [1.54, 1.807) is 38.2 Å². The Balaban J connectivity index is 2.10. The number of Topliss-reactive ketones (excluding diaryl/α,β-unsaturated/α-hetero) is 1. The number of aromatic amines is 1. The van der Waals surface area contributed by atoms with Crippen LogP contribution in [0.3, 0.4) is 0 Å². The largest absolute Gasteiger partial charge is 0.461 e. The van der Waals surface area contributed by atoms with Gasteiger partial charge in [0.15, 0.2) is 5.78 Å². The zero-order valence-electron chi connectivity index (χ0n) is 16.8. The molecule has 1 heterocycles. The van der Waals surface area contributed by atoms with Crippen molar-refractivity contribution in [3.05, 3.63) is 35.5 Å². The number of ketones is 1. The Labute approximate surface area is 173 Å². The third-order valence-corrected chi connectivity index (χ3v) is 4.43. The Morgan fingerprint density at radius 3 is 2.73 bits per heavy atom. The van der Waals surface area contributed by atoms with Gasteiger partial charge in [-0.25, -0.2) is 4.79 Å². The number of H-pyrrole nitrogens is 1. The molecule has 9 nitrogen and oxygen atoms in total. The second-order valence-electron chi connectivity index (χ2n) is 7.07. The molecule has 2 aromatic rings. The predicted octanol–water partition coefficient (Wildman–Crippen LogP) is 1.38. The van der Waals surface area contributed by atoms with E-state index < -0.39 is 35.9 Å². The summed E-state index contributed by atoms with van der Waals surface area (Å²) in [4.78, 5) is 39.1. The van der Waals surface area contributed by atoms with Gasteiger partial charge in [0.2, 0.25) is 5.91 Å². The molecule has 1 aromatic heterocycles. The first kappa shape index (κ1) is 22.8. The fourth-order valence-electron chi connectivity index (χ4n) is 2.97. The van der Waals surface area contributed by atoms with Crippen LogP contribution in [0.4, 0.5) is 0 Å². The van der Waals surface area contributed by atoms with E-state index in [9.17, 15) is 24.8 Å². The zero-order chi connectivity index (χ0) is 22.3. The van der Waals surface area contributed by atoms with Crippen molar-refractivity contribution in [2.24, 2.45) is 0 Å². The highest BCUT2D eigenvalue weighted by atomic mass is 16.5. The number of hydrogen-bond donors (Lipinski definition) is 4. The standard InChI is InChI=1S/C21H24N4O5/c1-12(2)30-21(29)17(7-6-15(26)10-23)25-20(28)18(27)8-14-11-24-19-13(9-22)4-3-5-16(14)19/h3-5,10-12,17-18,23-24,27H,6-8H2,1-2H3,(H,25,28)/t17-,18-/m0/s1. The van der Waals surface area contributed by atoms with Crippen molar-refractivity contribution in [2.75, 3.05) is 0 Å². The smallest absolute Gasteiger partial charge is 0.328 e. The monoisotopic (exact) mass is 412 g/mol. The van der Waals surface area contributed by atoms with Gasteiger partial charge < -0.3 is 25.6 Å². The lowest BCUT2D eigenvalue weighted by molar-refractivity contribution is -0.152. The van der Waals surface area contributed by atoms with E-state index in [2.05, 4.69) is 16.4 Å². The first-order valence-corrected chi connectivity index (χ1v) is 9.48. The van der Waals surface area contributed by atoms with Crippen LogP contribution in [0.2, 0.25) is 0 Å². The van der Waals surface area contributed by atoms with Crippen LogP contribution in [0.1, 0.15) is 37.8 Å². The first-order chi connectivity index (χ1) is 14.3. The van der Waals surface area contributed by atoms with Gasteiger partial charge in [-0.05, 0) is 31.9 Å². The zero-order valence-corrected chi connectivity index (χ0v) is 16.8. The van der Waals surface area contributed by atoms with E-state index in [0.717, 1.165) is 0 Å². The summed E-state index contributed by atoms with van der Waals surface area (Å²) in [5.41, 5.74) is 1.71. The van der Waals surface area contributed by atoms with Crippen molar-refractivity contribution in [3.8, 4) is 6.07 Å². The number of amides is 1. The van der Waals surface area contributed by atoms with Crippen LogP contribution >= 0.6 is 0 Å². The molecule has 9 heteroatoms. The fraction of sp³-hybridized carbons (Fsp3) is 0.381. The molecule has 30 heavy (non-hydrogen) atoms. The molecule has 0 aliphatic heterocycles. The van der Waals surface area contributed by atoms with Gasteiger partial charge in [-0.3, -0.25) is 9.59 Å². The van der Waals surface area contributed by atoms with Crippen molar-refractivity contribution in [2.45, 2.75) is 51.4 Å². The molecular weight excluding hydrogens is 388 g/mol. The Morgan fingerprint density at radius 2 is 2.10 bits per heavy atom. The second kappa shape index (κ2) is 10.3. The van der Waals surface area contributed by atoms with Crippen molar-refractivity contribution in [1.82, 2.24) is 10.3 Å². The summed E-state index contributed by atoms with van der Waals surface area (Å²) >= 11 is 0. The van der Waals surface area contributed by atoms with Crippen LogP contribution in [0.25, 0.3) is 10.9 Å². The Hall–Kier alpha value is -3.51. The normalized spacial score (nSPS) is 12.8. The quantitative estimate of drug-likeness (QED) is 0.341. The number of aliphatic hydroxyl groups excluding tert-OH is 1. The summed E-state index contributed by atoms with van der Waals surface area (Å²) in [6, 6.07) is 6.10. The van der Waals surface area contributed by atoms with E-state index in [0.29, 0.717) is 28.2 Å². The topological polar surface area (TPSA) is 156 Å². The highest BCUT2D eigenvalue weighted by Crippen LogP contribution is 2.22. The molecule has 0 saturated carbocycles. The highest BCUT2D eigenvalue weighted by molar-refractivity contribution is 6.26. The maximum absolute atomic E-state index is 12.5. The number of hydrogen-bond acceptors (Lipinski definition) is 7. The van der Waals surface area contributed by atoms with Gasteiger partial charge in [0.25, 0.3) is 0 Å². The van der Waals surface area contributed by atoms with Gasteiger partial charge >= 0.3 is 5.97 Å². The number of nitriles is 1. The van der Waals surface area contributed by atoms with Crippen molar-refractivity contribution in [1.29, 1.82) is 10.7 Å². The minimum absolute atomic E-state index is 0.0356. The summed E-state index contributed by atoms with van der Waals surface area (Å²) in [5.74, 6) is -1.98. The molecule has 0 fully saturated rings. The number of aromatic nitrogens is 1. The van der Waals surface area contributed by atoms with Crippen LogP contribution in [0.5, 0.6) is 0 Å². The number of ether oxygens (including phenoxy) is 1. The Kier molecular flexibility index (Phi) is 7.83. The number of nitrogens with zero attached hydrogens (tertiary/aromatic N) is 1. The summed E-state index contributed by atoms with van der Waals surface area (Å²) in [6.45, 7) is 3.31. The summed E-state index contributed by atoms with van der Waals surface area (Å²) in [5, 5.41) is 29.6. The van der Waals surface area contributed by atoms with E-state index >= 15 is 0 Å². The number of aliphatic hydroxyl groups is 1. The Bertz CT molecular complexity index is 989. The van der Waals surface area contributed by atoms with Crippen LogP contribution in [0.15, 0.2) is 24.4 Å². The SMILES string of the molecule is CC(C)OC(=O)[C@H](CCC(=O)C=N)NC(=O)[C@@H](O)Cc1c[nH]c2c(C#N)cccc12. The van der Waals surface area contributed by atoms with E-state index in [4.69, 9.17) is 10.1 Å². The number of para-hydroxylation sites is 1. The molecule has 0 spiro atoms. The van der Waals surface area contributed by atoms with Crippen LogP contribution < -0.4 is 5.32 Å². The summed E-state index contributed by atoms with van der Waals surface area (Å²) in [6.07, 6.45) is 0.201. The minimum atomic E-state index is -1.46. The van der Waals surface area contributed by atoms with E-state index in [1.165, 1.54) is 0 Å². The molecule has 158 valence electrons. The molecule has 2 atom stereocenters. The fourth-order valence-corrected chi connectivity index (χ4v) is 2.97. The number of esters is 1. The first-order valence-electron chi connectivity index (χ1n) is 9.48. The lowest BCUT2D eigenvalue weighted by atomic mass is 10.0. The van der Waals surface area contributed by atoms with Crippen LogP contribution in [-0.2, 0) is 25.5 Å². The third-order valence-electron chi connectivity index (χ3n) is 4.43.